The third-order valence-corrected chi connectivity index (χ3v) is 5.50. The minimum absolute atomic E-state index is 0.0143. The number of H-pyrrole nitrogens is 1. The summed E-state index contributed by atoms with van der Waals surface area (Å²) < 4.78 is 0. The van der Waals surface area contributed by atoms with Gasteiger partial charge < -0.3 is 15.8 Å². The average molecular weight is 402 g/mol. The maximum Gasteiger partial charge on any atom is 0.121 e. The van der Waals surface area contributed by atoms with E-state index in [1.807, 2.05) is 60.8 Å². The van der Waals surface area contributed by atoms with Crippen LogP contribution < -0.4 is 5.73 Å². The molecule has 0 aliphatic heterocycles. The van der Waals surface area contributed by atoms with Crippen LogP contribution in [0, 0.1) is 0 Å². The molecular weight excluding hydrogens is 374 g/mol. The zero-order valence-corrected chi connectivity index (χ0v) is 17.1. The van der Waals surface area contributed by atoms with Crippen LogP contribution in [0.1, 0.15) is 41.2 Å². The van der Waals surface area contributed by atoms with Gasteiger partial charge in [-0.15, -0.1) is 0 Å². The molecule has 2 aromatic heterocycles. The highest BCUT2D eigenvalue weighted by molar-refractivity contribution is 5.74. The average Bonchev–Trinajstić information content (AvgIpc) is 3.21. The number of imidazole rings is 1. The molecule has 30 heavy (non-hydrogen) atoms. The molecule has 0 spiro atoms. The Morgan fingerprint density at radius 1 is 1.03 bits per heavy atom. The summed E-state index contributed by atoms with van der Waals surface area (Å²) in [4.78, 5) is 15.1. The number of rotatable bonds is 8. The molecule has 1 unspecified atom stereocenters. The lowest BCUT2D eigenvalue weighted by Crippen LogP contribution is -2.28. The van der Waals surface area contributed by atoms with Crippen molar-refractivity contribution in [3.05, 3.63) is 95.1 Å². The number of pyridine rings is 1. The molecule has 0 saturated carbocycles. The second kappa shape index (κ2) is 9.17. The van der Waals surface area contributed by atoms with Crippen LogP contribution in [0.15, 0.2) is 66.9 Å². The minimum Gasteiger partial charge on any atom is -0.392 e. The van der Waals surface area contributed by atoms with Gasteiger partial charge in [-0.1, -0.05) is 36.4 Å². The van der Waals surface area contributed by atoms with Gasteiger partial charge in [0.1, 0.15) is 5.82 Å². The minimum atomic E-state index is -0.0143. The van der Waals surface area contributed by atoms with Crippen molar-refractivity contribution in [3.8, 4) is 0 Å². The van der Waals surface area contributed by atoms with Crippen molar-refractivity contribution in [3.63, 3.8) is 0 Å². The molecule has 0 fully saturated rings. The third-order valence-electron chi connectivity index (χ3n) is 5.50. The van der Waals surface area contributed by atoms with Crippen molar-refractivity contribution in [2.24, 2.45) is 5.73 Å². The Bertz CT molecular complexity index is 1080. The second-order valence-electron chi connectivity index (χ2n) is 7.50. The smallest absolute Gasteiger partial charge is 0.121 e. The first kappa shape index (κ1) is 20.2. The summed E-state index contributed by atoms with van der Waals surface area (Å²) in [5.41, 5.74) is 11.8. The highest BCUT2D eigenvalue weighted by Gasteiger charge is 2.20. The molecule has 0 radical (unpaired) electrons. The van der Waals surface area contributed by atoms with Crippen molar-refractivity contribution in [1.82, 2.24) is 19.9 Å². The molecule has 2 aromatic carbocycles. The normalized spacial score (nSPS) is 12.5. The van der Waals surface area contributed by atoms with Crippen molar-refractivity contribution in [1.29, 1.82) is 0 Å². The Morgan fingerprint density at radius 3 is 2.60 bits per heavy atom. The molecule has 1 atom stereocenters. The standard InChI is InChI=1S/C24H27N5O/c1-17(21-6-4-5-11-26-21)29(14-19-10-9-18(13-25)12-20(19)16-30)15-24-27-22-7-2-3-8-23(22)28-24/h2-12,17,30H,13-16,25H2,1H3,(H,27,28). The topological polar surface area (TPSA) is 91.1 Å². The van der Waals surface area contributed by atoms with Gasteiger partial charge in [0.25, 0.3) is 0 Å². The lowest BCUT2D eigenvalue weighted by molar-refractivity contribution is 0.182. The van der Waals surface area contributed by atoms with Crippen LogP contribution in [0.25, 0.3) is 11.0 Å². The largest absolute Gasteiger partial charge is 0.392 e. The number of nitrogens with one attached hydrogen (secondary N) is 1. The van der Waals surface area contributed by atoms with Gasteiger partial charge in [-0.05, 0) is 47.9 Å². The van der Waals surface area contributed by atoms with E-state index < -0.39 is 0 Å². The fourth-order valence-electron chi connectivity index (χ4n) is 3.74. The molecule has 154 valence electrons. The van der Waals surface area contributed by atoms with Gasteiger partial charge in [-0.2, -0.15) is 0 Å². The van der Waals surface area contributed by atoms with Gasteiger partial charge >= 0.3 is 0 Å². The summed E-state index contributed by atoms with van der Waals surface area (Å²) >= 11 is 0. The molecule has 4 N–H and O–H groups in total. The van der Waals surface area contributed by atoms with Crippen LogP contribution in [-0.2, 0) is 26.2 Å². The first-order valence-corrected chi connectivity index (χ1v) is 10.2. The van der Waals surface area contributed by atoms with Crippen LogP contribution in [0.5, 0.6) is 0 Å². The zero-order chi connectivity index (χ0) is 20.9. The predicted molar refractivity (Wildman–Crippen MR) is 118 cm³/mol. The monoisotopic (exact) mass is 401 g/mol. The number of para-hydroxylation sites is 2. The number of nitrogens with two attached hydrogens (primary N) is 1. The summed E-state index contributed by atoms with van der Waals surface area (Å²) in [6.07, 6.45) is 1.82. The summed E-state index contributed by atoms with van der Waals surface area (Å²) in [7, 11) is 0. The van der Waals surface area contributed by atoms with E-state index in [1.54, 1.807) is 0 Å². The Balaban J connectivity index is 1.66. The van der Waals surface area contributed by atoms with E-state index in [9.17, 15) is 5.11 Å². The fraction of sp³-hybridized carbons (Fsp3) is 0.250. The highest BCUT2D eigenvalue weighted by Crippen LogP contribution is 2.25. The third kappa shape index (κ3) is 4.41. The number of aliphatic hydroxyl groups excluding tert-OH is 1. The first-order valence-electron chi connectivity index (χ1n) is 10.2. The molecule has 4 aromatic rings. The summed E-state index contributed by atoms with van der Waals surface area (Å²) in [5, 5.41) is 9.90. The zero-order valence-electron chi connectivity index (χ0n) is 17.1. The molecule has 0 amide bonds. The van der Waals surface area contributed by atoms with Crippen molar-refractivity contribution in [2.45, 2.75) is 39.2 Å². The van der Waals surface area contributed by atoms with Gasteiger partial charge in [0, 0.05) is 19.3 Å². The van der Waals surface area contributed by atoms with Crippen LogP contribution in [0.2, 0.25) is 0 Å². The quantitative estimate of drug-likeness (QED) is 0.419. The molecular formula is C24H27N5O. The molecule has 0 bridgehead atoms. The van der Waals surface area contributed by atoms with E-state index in [0.717, 1.165) is 39.2 Å². The molecule has 0 saturated heterocycles. The second-order valence-corrected chi connectivity index (χ2v) is 7.50. The van der Waals surface area contributed by atoms with Crippen LogP contribution in [0.3, 0.4) is 0 Å². The van der Waals surface area contributed by atoms with Gasteiger partial charge in [0.15, 0.2) is 0 Å². The lowest BCUT2D eigenvalue weighted by atomic mass is 10.0. The Hall–Kier alpha value is -3.06. The SMILES string of the molecule is CC(c1ccccn1)N(Cc1nc2ccccc2[nH]1)Cc1ccc(CN)cc1CO. The van der Waals surface area contributed by atoms with E-state index in [-0.39, 0.29) is 12.6 Å². The number of fused-ring (bicyclic) bond motifs is 1. The van der Waals surface area contributed by atoms with E-state index >= 15 is 0 Å². The first-order chi connectivity index (χ1) is 14.7. The fourth-order valence-corrected chi connectivity index (χ4v) is 3.74. The van der Waals surface area contributed by atoms with E-state index in [4.69, 9.17) is 10.7 Å². The Labute approximate surface area is 176 Å². The molecule has 0 aliphatic carbocycles. The van der Waals surface area contributed by atoms with Crippen LogP contribution in [0.4, 0.5) is 0 Å². The van der Waals surface area contributed by atoms with Crippen LogP contribution in [-0.4, -0.2) is 25.0 Å². The van der Waals surface area contributed by atoms with Crippen molar-refractivity contribution < 1.29 is 5.11 Å². The van der Waals surface area contributed by atoms with Gasteiger partial charge in [-0.3, -0.25) is 9.88 Å². The molecule has 0 aliphatic rings. The summed E-state index contributed by atoms with van der Waals surface area (Å²) in [5.74, 6) is 0.906. The van der Waals surface area contributed by atoms with E-state index in [2.05, 4.69) is 27.9 Å². The van der Waals surface area contributed by atoms with Crippen LogP contribution >= 0.6 is 0 Å². The number of hydrogen-bond acceptors (Lipinski definition) is 5. The maximum atomic E-state index is 9.90. The number of aliphatic hydroxyl groups is 1. The van der Waals surface area contributed by atoms with Crippen molar-refractivity contribution in [2.75, 3.05) is 0 Å². The number of nitrogens with zero attached hydrogens (tertiary/aromatic N) is 3. The maximum absolute atomic E-state index is 9.90. The van der Waals surface area contributed by atoms with E-state index in [0.29, 0.717) is 19.6 Å². The molecule has 6 heteroatoms. The number of hydrogen-bond donors (Lipinski definition) is 3. The van der Waals surface area contributed by atoms with Gasteiger partial charge in [-0.25, -0.2) is 4.98 Å². The van der Waals surface area contributed by atoms with Crippen molar-refractivity contribution >= 4 is 11.0 Å². The molecule has 4 rings (SSSR count). The molecule has 6 nitrogen and oxygen atoms in total. The molecule has 2 heterocycles. The number of benzene rings is 2. The highest BCUT2D eigenvalue weighted by atomic mass is 16.3. The Kier molecular flexibility index (Phi) is 6.18. The van der Waals surface area contributed by atoms with Gasteiger partial charge in [0.2, 0.25) is 0 Å². The lowest BCUT2D eigenvalue weighted by Gasteiger charge is -2.29. The number of aromatic amines is 1. The van der Waals surface area contributed by atoms with Gasteiger partial charge in [0.05, 0.1) is 35.9 Å². The van der Waals surface area contributed by atoms with E-state index in [1.165, 1.54) is 0 Å². The summed E-state index contributed by atoms with van der Waals surface area (Å²) in [6, 6.07) is 20.2. The predicted octanol–water partition coefficient (Wildman–Crippen LogP) is 3.67. The Morgan fingerprint density at radius 2 is 1.87 bits per heavy atom. The number of aromatic nitrogens is 3. The summed E-state index contributed by atoms with van der Waals surface area (Å²) in [6.45, 7) is 3.89.